The van der Waals surface area contributed by atoms with Crippen molar-refractivity contribution in [3.63, 3.8) is 0 Å². The van der Waals surface area contributed by atoms with Gasteiger partial charge in [-0.2, -0.15) is 0 Å². The highest BCUT2D eigenvalue weighted by Gasteiger charge is 2.41. The third-order valence-electron chi connectivity index (χ3n) is 4.35. The molecule has 1 aromatic rings. The molecule has 0 spiro atoms. The smallest absolute Gasteiger partial charge is 0.248 e. The number of likely N-dealkylation sites (tertiary alicyclic amines) is 1. The fraction of sp³-hybridized carbons (Fsp3) is 0.667. The van der Waals surface area contributed by atoms with Gasteiger partial charge in [0.15, 0.2) is 0 Å². The summed E-state index contributed by atoms with van der Waals surface area (Å²) < 4.78 is 5.94. The van der Waals surface area contributed by atoms with E-state index < -0.39 is 0 Å². The van der Waals surface area contributed by atoms with E-state index in [4.69, 9.17) is 4.74 Å². The molecule has 0 unspecified atom stereocenters. The second-order valence-corrected chi connectivity index (χ2v) is 7.18. The van der Waals surface area contributed by atoms with Gasteiger partial charge in [0.25, 0.3) is 0 Å². The molecule has 0 saturated carbocycles. The Kier molecular flexibility index (Phi) is 4.10. The van der Waals surface area contributed by atoms with E-state index in [0.717, 1.165) is 32.5 Å². The summed E-state index contributed by atoms with van der Waals surface area (Å²) in [5.41, 5.74) is 0. The lowest BCUT2D eigenvalue weighted by molar-refractivity contribution is -0.132. The van der Waals surface area contributed by atoms with Crippen LogP contribution in [-0.2, 0) is 16.1 Å². The summed E-state index contributed by atoms with van der Waals surface area (Å²) in [4.78, 5) is 16.9. The minimum Gasteiger partial charge on any atom is -0.364 e. The second-order valence-electron chi connectivity index (χ2n) is 5.81. The van der Waals surface area contributed by atoms with E-state index in [1.807, 2.05) is 11.3 Å². The van der Waals surface area contributed by atoms with Crippen LogP contribution in [0.3, 0.4) is 0 Å². The van der Waals surface area contributed by atoms with Gasteiger partial charge in [0.2, 0.25) is 5.91 Å². The first-order valence-electron chi connectivity index (χ1n) is 7.30. The predicted octanol–water partition coefficient (Wildman–Crippen LogP) is 1.78. The van der Waals surface area contributed by atoms with Gasteiger partial charge in [-0.25, -0.2) is 0 Å². The number of hydrogen-bond acceptors (Lipinski definition) is 4. The Labute approximate surface area is 124 Å². The monoisotopic (exact) mass is 294 g/mol. The van der Waals surface area contributed by atoms with Crippen molar-refractivity contribution in [3.8, 4) is 0 Å². The van der Waals surface area contributed by atoms with Crippen LogP contribution in [0, 0.1) is 12.8 Å². The highest BCUT2D eigenvalue weighted by molar-refractivity contribution is 7.11. The van der Waals surface area contributed by atoms with Gasteiger partial charge in [-0.3, -0.25) is 9.69 Å². The Morgan fingerprint density at radius 3 is 3.10 bits per heavy atom. The molecule has 110 valence electrons. The van der Waals surface area contributed by atoms with E-state index in [2.05, 4.69) is 29.3 Å². The Morgan fingerprint density at radius 1 is 1.55 bits per heavy atom. The number of carbonyl (C=O) groups is 1. The Bertz CT molecular complexity index is 488. The summed E-state index contributed by atoms with van der Waals surface area (Å²) >= 11 is 1.87. The van der Waals surface area contributed by atoms with Crippen LogP contribution >= 0.6 is 11.3 Å². The number of aryl methyl sites for hydroxylation is 1. The van der Waals surface area contributed by atoms with E-state index >= 15 is 0 Å². The summed E-state index contributed by atoms with van der Waals surface area (Å²) in [5, 5.41) is 2.69. The molecule has 3 atom stereocenters. The van der Waals surface area contributed by atoms with Crippen LogP contribution in [0.4, 0.5) is 0 Å². The molecule has 5 heteroatoms. The Balaban J connectivity index is 1.57. The van der Waals surface area contributed by atoms with Crippen LogP contribution in [0.2, 0.25) is 0 Å². The number of ether oxygens (including phenoxy) is 1. The zero-order valence-electron chi connectivity index (χ0n) is 12.1. The van der Waals surface area contributed by atoms with Crippen molar-refractivity contribution < 1.29 is 9.53 Å². The van der Waals surface area contributed by atoms with Gasteiger partial charge in [-0.1, -0.05) is 0 Å². The topological polar surface area (TPSA) is 41.6 Å². The minimum atomic E-state index is -0.237. The predicted molar refractivity (Wildman–Crippen MR) is 79.8 cm³/mol. The molecule has 0 aliphatic carbocycles. The maximum Gasteiger partial charge on any atom is 0.248 e. The molecule has 2 aliphatic rings. The molecule has 1 aromatic heterocycles. The Hall–Kier alpha value is -0.910. The molecule has 2 saturated heterocycles. The van der Waals surface area contributed by atoms with Gasteiger partial charge >= 0.3 is 0 Å². The number of amides is 1. The number of hydrogen-bond donors (Lipinski definition) is 1. The SMILES string of the molecule is CNC(=O)[C@@H]1C[C@H]2CCN(Cc3ccc(C)s3)C[C@@H]2O1. The largest absolute Gasteiger partial charge is 0.364 e. The molecule has 2 aliphatic heterocycles. The molecule has 0 aromatic carbocycles. The number of fused-ring (bicyclic) bond motifs is 1. The van der Waals surface area contributed by atoms with Gasteiger partial charge in [-0.05, 0) is 44.4 Å². The molecular weight excluding hydrogens is 272 g/mol. The number of carbonyl (C=O) groups excluding carboxylic acids is 1. The van der Waals surface area contributed by atoms with Crippen molar-refractivity contribution in [2.24, 2.45) is 5.92 Å². The van der Waals surface area contributed by atoms with Crippen LogP contribution in [0.15, 0.2) is 12.1 Å². The summed E-state index contributed by atoms with van der Waals surface area (Å²) in [5.74, 6) is 0.582. The number of thiophene rings is 1. The average molecular weight is 294 g/mol. The summed E-state index contributed by atoms with van der Waals surface area (Å²) in [7, 11) is 1.68. The van der Waals surface area contributed by atoms with Crippen LogP contribution in [0.1, 0.15) is 22.6 Å². The van der Waals surface area contributed by atoms with Crippen molar-refractivity contribution >= 4 is 17.2 Å². The zero-order chi connectivity index (χ0) is 14.1. The molecule has 20 heavy (non-hydrogen) atoms. The molecule has 0 radical (unpaired) electrons. The first kappa shape index (κ1) is 14.0. The van der Waals surface area contributed by atoms with E-state index in [0.29, 0.717) is 5.92 Å². The van der Waals surface area contributed by atoms with E-state index in [9.17, 15) is 4.79 Å². The quantitative estimate of drug-likeness (QED) is 0.924. The third-order valence-corrected chi connectivity index (χ3v) is 5.34. The fourth-order valence-electron chi connectivity index (χ4n) is 3.26. The van der Waals surface area contributed by atoms with Crippen molar-refractivity contribution in [1.29, 1.82) is 0 Å². The van der Waals surface area contributed by atoms with Crippen LogP contribution in [0.25, 0.3) is 0 Å². The summed E-state index contributed by atoms with van der Waals surface area (Å²) in [6.45, 7) is 5.22. The van der Waals surface area contributed by atoms with Crippen molar-refractivity contribution in [2.45, 2.75) is 38.5 Å². The highest BCUT2D eigenvalue weighted by atomic mass is 32.1. The van der Waals surface area contributed by atoms with Crippen LogP contribution in [-0.4, -0.2) is 43.2 Å². The molecular formula is C15H22N2O2S. The molecule has 1 N–H and O–H groups in total. The lowest BCUT2D eigenvalue weighted by Gasteiger charge is -2.33. The molecule has 2 fully saturated rings. The zero-order valence-corrected chi connectivity index (χ0v) is 12.9. The summed E-state index contributed by atoms with van der Waals surface area (Å²) in [6, 6.07) is 4.40. The normalized spacial score (nSPS) is 30.2. The lowest BCUT2D eigenvalue weighted by Crippen LogP contribution is -2.41. The van der Waals surface area contributed by atoms with Gasteiger partial charge in [-0.15, -0.1) is 11.3 Å². The summed E-state index contributed by atoms with van der Waals surface area (Å²) in [6.07, 6.45) is 2.02. The lowest BCUT2D eigenvalue weighted by atomic mass is 9.91. The van der Waals surface area contributed by atoms with E-state index in [-0.39, 0.29) is 18.1 Å². The first-order valence-corrected chi connectivity index (χ1v) is 8.12. The number of nitrogens with one attached hydrogen (secondary N) is 1. The van der Waals surface area contributed by atoms with Crippen molar-refractivity contribution in [1.82, 2.24) is 10.2 Å². The van der Waals surface area contributed by atoms with Crippen molar-refractivity contribution in [2.75, 3.05) is 20.1 Å². The molecule has 3 rings (SSSR count). The van der Waals surface area contributed by atoms with Crippen molar-refractivity contribution in [3.05, 3.63) is 21.9 Å². The van der Waals surface area contributed by atoms with E-state index in [1.165, 1.54) is 9.75 Å². The van der Waals surface area contributed by atoms with E-state index in [1.54, 1.807) is 7.05 Å². The fourth-order valence-corrected chi connectivity index (χ4v) is 4.19. The standard InChI is InChI=1S/C15H22N2O2S/c1-10-3-4-12(20-10)8-17-6-5-11-7-13(15(18)16-2)19-14(11)9-17/h3-4,11,13-14H,5-9H2,1-2H3,(H,16,18)/t11-,13+,14+/m1/s1. The maximum atomic E-state index is 11.7. The van der Waals surface area contributed by atoms with Crippen LogP contribution < -0.4 is 5.32 Å². The number of nitrogens with zero attached hydrogens (tertiary/aromatic N) is 1. The maximum absolute atomic E-state index is 11.7. The number of rotatable bonds is 3. The van der Waals surface area contributed by atoms with Crippen LogP contribution in [0.5, 0.6) is 0 Å². The number of piperidine rings is 1. The second kappa shape index (κ2) is 5.84. The average Bonchev–Trinajstić information content (AvgIpc) is 3.03. The third kappa shape index (κ3) is 2.90. The first-order chi connectivity index (χ1) is 9.65. The molecule has 1 amide bonds. The molecule has 0 bridgehead atoms. The van der Waals surface area contributed by atoms with Gasteiger partial charge in [0.1, 0.15) is 6.10 Å². The van der Waals surface area contributed by atoms with Gasteiger partial charge in [0.05, 0.1) is 6.10 Å². The highest BCUT2D eigenvalue weighted by Crippen LogP contribution is 2.34. The van der Waals surface area contributed by atoms with Gasteiger partial charge in [0, 0.05) is 29.9 Å². The molecule has 4 nitrogen and oxygen atoms in total. The Morgan fingerprint density at radius 2 is 2.40 bits per heavy atom. The minimum absolute atomic E-state index is 0.0276. The molecule has 3 heterocycles. The number of likely N-dealkylation sites (N-methyl/N-ethyl adjacent to an activating group) is 1. The van der Waals surface area contributed by atoms with Gasteiger partial charge < -0.3 is 10.1 Å².